The van der Waals surface area contributed by atoms with Crippen molar-refractivity contribution >= 4 is 9.84 Å². The lowest BCUT2D eigenvalue weighted by molar-refractivity contribution is 0.322. The molecule has 0 aromatic rings. The van der Waals surface area contributed by atoms with Crippen LogP contribution in [0.5, 0.6) is 0 Å². The van der Waals surface area contributed by atoms with Crippen LogP contribution in [-0.2, 0) is 9.84 Å². The van der Waals surface area contributed by atoms with Crippen molar-refractivity contribution in [1.82, 2.24) is 0 Å². The van der Waals surface area contributed by atoms with Crippen molar-refractivity contribution < 1.29 is 8.42 Å². The summed E-state index contributed by atoms with van der Waals surface area (Å²) in [6, 6.07) is 0.235. The van der Waals surface area contributed by atoms with Crippen LogP contribution in [0.1, 0.15) is 44.9 Å². The van der Waals surface area contributed by atoms with Gasteiger partial charge in [0.1, 0.15) is 9.84 Å². The normalized spacial score (nSPS) is 29.3. The van der Waals surface area contributed by atoms with Crippen LogP contribution in [0, 0.1) is 11.8 Å². The molecule has 1 aliphatic carbocycles. The lowest BCUT2D eigenvalue weighted by Crippen LogP contribution is -2.37. The molecule has 1 saturated heterocycles. The quantitative estimate of drug-likeness (QED) is 0.823. The van der Waals surface area contributed by atoms with Gasteiger partial charge >= 0.3 is 0 Å². The summed E-state index contributed by atoms with van der Waals surface area (Å²) in [5.41, 5.74) is 6.22. The van der Waals surface area contributed by atoms with E-state index in [1.165, 1.54) is 25.7 Å². The fourth-order valence-electron chi connectivity index (χ4n) is 3.16. The zero-order valence-electron chi connectivity index (χ0n) is 9.90. The van der Waals surface area contributed by atoms with Crippen LogP contribution >= 0.6 is 0 Å². The third kappa shape index (κ3) is 3.20. The summed E-state index contributed by atoms with van der Waals surface area (Å²) in [6.45, 7) is 0. The molecule has 4 heteroatoms. The summed E-state index contributed by atoms with van der Waals surface area (Å²) < 4.78 is 22.6. The third-order valence-corrected chi connectivity index (χ3v) is 6.00. The fraction of sp³-hybridized carbons (Fsp3) is 1.00. The second kappa shape index (κ2) is 5.05. The standard InChI is InChI=1S/C12H23NO2S/c13-12(9-10-3-1-2-4-10)11-5-7-16(14,15)8-6-11/h10-12H,1-9,13H2. The first kappa shape index (κ1) is 12.4. The van der Waals surface area contributed by atoms with Gasteiger partial charge in [0.15, 0.2) is 0 Å². The van der Waals surface area contributed by atoms with Crippen molar-refractivity contribution in [2.75, 3.05) is 11.5 Å². The fourth-order valence-corrected chi connectivity index (χ4v) is 4.69. The number of nitrogens with two attached hydrogens (primary N) is 1. The molecule has 0 bridgehead atoms. The summed E-state index contributed by atoms with van der Waals surface area (Å²) in [7, 11) is -2.73. The van der Waals surface area contributed by atoms with Gasteiger partial charge in [0.05, 0.1) is 11.5 Å². The maximum Gasteiger partial charge on any atom is 0.150 e. The molecule has 3 nitrogen and oxygen atoms in total. The van der Waals surface area contributed by atoms with E-state index in [1.807, 2.05) is 0 Å². The van der Waals surface area contributed by atoms with E-state index in [1.54, 1.807) is 0 Å². The van der Waals surface area contributed by atoms with Crippen molar-refractivity contribution in [3.63, 3.8) is 0 Å². The van der Waals surface area contributed by atoms with Gasteiger partial charge in [-0.2, -0.15) is 0 Å². The van der Waals surface area contributed by atoms with Crippen LogP contribution in [0.15, 0.2) is 0 Å². The number of rotatable bonds is 3. The molecular weight excluding hydrogens is 222 g/mol. The zero-order chi connectivity index (χ0) is 11.6. The van der Waals surface area contributed by atoms with Crippen LogP contribution in [0.2, 0.25) is 0 Å². The highest BCUT2D eigenvalue weighted by Crippen LogP contribution is 2.32. The Bertz CT molecular complexity index is 306. The second-order valence-corrected chi connectivity index (χ2v) is 7.84. The lowest BCUT2D eigenvalue weighted by Gasteiger charge is -2.29. The minimum Gasteiger partial charge on any atom is -0.327 e. The van der Waals surface area contributed by atoms with Gasteiger partial charge < -0.3 is 5.73 Å². The monoisotopic (exact) mass is 245 g/mol. The maximum atomic E-state index is 11.3. The second-order valence-electron chi connectivity index (χ2n) is 5.54. The molecular formula is C12H23NO2S. The van der Waals surface area contributed by atoms with Crippen molar-refractivity contribution in [2.45, 2.75) is 51.0 Å². The number of sulfone groups is 1. The summed E-state index contributed by atoms with van der Waals surface area (Å²) in [4.78, 5) is 0. The Morgan fingerprint density at radius 3 is 2.19 bits per heavy atom. The maximum absolute atomic E-state index is 11.3. The topological polar surface area (TPSA) is 60.2 Å². The molecule has 1 heterocycles. The Balaban J connectivity index is 1.79. The van der Waals surface area contributed by atoms with E-state index in [2.05, 4.69) is 0 Å². The zero-order valence-corrected chi connectivity index (χ0v) is 10.7. The van der Waals surface area contributed by atoms with Gasteiger partial charge in [-0.15, -0.1) is 0 Å². The summed E-state index contributed by atoms with van der Waals surface area (Å²) in [5.74, 6) is 1.98. The number of hydrogen-bond donors (Lipinski definition) is 1. The molecule has 0 spiro atoms. The molecule has 1 unspecified atom stereocenters. The van der Waals surface area contributed by atoms with Crippen LogP contribution < -0.4 is 5.73 Å². The summed E-state index contributed by atoms with van der Waals surface area (Å²) >= 11 is 0. The average Bonchev–Trinajstić information content (AvgIpc) is 2.70. The van der Waals surface area contributed by atoms with Crippen molar-refractivity contribution in [1.29, 1.82) is 0 Å². The van der Waals surface area contributed by atoms with E-state index in [0.717, 1.165) is 25.2 Å². The smallest absolute Gasteiger partial charge is 0.150 e. The van der Waals surface area contributed by atoms with Crippen LogP contribution in [0.4, 0.5) is 0 Å². The van der Waals surface area contributed by atoms with E-state index < -0.39 is 9.84 Å². The van der Waals surface area contributed by atoms with E-state index in [-0.39, 0.29) is 6.04 Å². The van der Waals surface area contributed by atoms with Gasteiger partial charge in [0, 0.05) is 6.04 Å². The summed E-state index contributed by atoms with van der Waals surface area (Å²) in [6.07, 6.45) is 8.07. The van der Waals surface area contributed by atoms with Gasteiger partial charge in [-0.1, -0.05) is 25.7 Å². The highest BCUT2D eigenvalue weighted by atomic mass is 32.2. The Kier molecular flexibility index (Phi) is 3.90. The van der Waals surface area contributed by atoms with Crippen molar-refractivity contribution in [3.8, 4) is 0 Å². The third-order valence-electron chi connectivity index (χ3n) is 4.29. The molecule has 2 rings (SSSR count). The molecule has 1 atom stereocenters. The Morgan fingerprint density at radius 2 is 1.62 bits per heavy atom. The van der Waals surface area contributed by atoms with Crippen LogP contribution in [0.25, 0.3) is 0 Å². The van der Waals surface area contributed by atoms with Crippen molar-refractivity contribution in [2.24, 2.45) is 17.6 Å². The lowest BCUT2D eigenvalue weighted by atomic mass is 9.87. The minimum absolute atomic E-state index is 0.235. The van der Waals surface area contributed by atoms with Gasteiger partial charge in [0.2, 0.25) is 0 Å². The van der Waals surface area contributed by atoms with Crippen LogP contribution in [0.3, 0.4) is 0 Å². The Morgan fingerprint density at radius 1 is 1.06 bits per heavy atom. The number of hydrogen-bond acceptors (Lipinski definition) is 3. The van der Waals surface area contributed by atoms with Gasteiger partial charge in [-0.3, -0.25) is 0 Å². The first-order valence-corrected chi connectivity index (χ1v) is 8.35. The highest BCUT2D eigenvalue weighted by Gasteiger charge is 2.29. The first-order valence-electron chi connectivity index (χ1n) is 6.53. The molecule has 16 heavy (non-hydrogen) atoms. The predicted octanol–water partition coefficient (Wildman–Crippen LogP) is 1.72. The van der Waals surface area contributed by atoms with Gasteiger partial charge in [0.25, 0.3) is 0 Å². The molecule has 0 aromatic carbocycles. The van der Waals surface area contributed by atoms with E-state index >= 15 is 0 Å². The highest BCUT2D eigenvalue weighted by molar-refractivity contribution is 7.91. The van der Waals surface area contributed by atoms with E-state index in [9.17, 15) is 8.42 Å². The molecule has 2 fully saturated rings. The predicted molar refractivity (Wildman–Crippen MR) is 65.9 cm³/mol. The Labute approximate surface area is 98.7 Å². The van der Waals surface area contributed by atoms with E-state index in [0.29, 0.717) is 17.4 Å². The SMILES string of the molecule is NC(CC1CCCC1)C1CCS(=O)(=O)CC1. The average molecular weight is 245 g/mol. The molecule has 0 radical (unpaired) electrons. The summed E-state index contributed by atoms with van der Waals surface area (Å²) in [5, 5.41) is 0. The molecule has 0 aromatic heterocycles. The van der Waals surface area contributed by atoms with Gasteiger partial charge in [-0.05, 0) is 31.1 Å². The first-order chi connectivity index (χ1) is 7.57. The molecule has 94 valence electrons. The minimum atomic E-state index is -2.73. The molecule has 1 aliphatic heterocycles. The molecule has 0 amide bonds. The van der Waals surface area contributed by atoms with Gasteiger partial charge in [-0.25, -0.2) is 8.42 Å². The van der Waals surface area contributed by atoms with Crippen molar-refractivity contribution in [3.05, 3.63) is 0 Å². The molecule has 2 N–H and O–H groups in total. The van der Waals surface area contributed by atoms with Crippen LogP contribution in [-0.4, -0.2) is 26.0 Å². The molecule has 1 saturated carbocycles. The largest absolute Gasteiger partial charge is 0.327 e. The molecule has 2 aliphatic rings. The van der Waals surface area contributed by atoms with E-state index in [4.69, 9.17) is 5.73 Å². The Hall–Kier alpha value is -0.0900.